The molecule has 0 aromatic heterocycles. The van der Waals surface area contributed by atoms with Crippen molar-refractivity contribution in [3.05, 3.63) is 35.9 Å². The molecule has 2 fully saturated rings. The SMILES string of the molecule is OC1CCCN2CCN(Cc3ccccc3)CC12. The van der Waals surface area contributed by atoms with Crippen molar-refractivity contribution in [3.63, 3.8) is 0 Å². The number of nitrogens with zero attached hydrogens (tertiary/aromatic N) is 2. The summed E-state index contributed by atoms with van der Waals surface area (Å²) in [6, 6.07) is 11.0. The Labute approximate surface area is 109 Å². The van der Waals surface area contributed by atoms with E-state index in [0.717, 1.165) is 39.0 Å². The third-order valence-corrected chi connectivity index (χ3v) is 4.26. The highest BCUT2D eigenvalue weighted by Gasteiger charge is 2.34. The van der Waals surface area contributed by atoms with E-state index >= 15 is 0 Å². The minimum absolute atomic E-state index is 0.127. The summed E-state index contributed by atoms with van der Waals surface area (Å²) in [6.45, 7) is 5.42. The van der Waals surface area contributed by atoms with E-state index in [0.29, 0.717) is 6.04 Å². The van der Waals surface area contributed by atoms with Gasteiger partial charge in [0.2, 0.25) is 0 Å². The Balaban J connectivity index is 1.62. The first-order valence-electron chi connectivity index (χ1n) is 7.01. The summed E-state index contributed by atoms with van der Waals surface area (Å²) in [5.41, 5.74) is 1.37. The van der Waals surface area contributed by atoms with Gasteiger partial charge in [-0.2, -0.15) is 0 Å². The van der Waals surface area contributed by atoms with Crippen molar-refractivity contribution in [1.82, 2.24) is 9.80 Å². The molecule has 1 aromatic carbocycles. The summed E-state index contributed by atoms with van der Waals surface area (Å²) in [5, 5.41) is 10.1. The highest BCUT2D eigenvalue weighted by molar-refractivity contribution is 5.14. The van der Waals surface area contributed by atoms with Crippen molar-refractivity contribution in [2.24, 2.45) is 0 Å². The fourth-order valence-electron chi connectivity index (χ4n) is 3.23. The lowest BCUT2D eigenvalue weighted by atomic mass is 9.96. The molecule has 1 N–H and O–H groups in total. The standard InChI is InChI=1S/C15H22N2O/c18-15-7-4-8-17-10-9-16(12-14(15)17)11-13-5-2-1-3-6-13/h1-3,5-6,14-15,18H,4,7-12H2. The number of piperazine rings is 1. The molecule has 3 heteroatoms. The van der Waals surface area contributed by atoms with Crippen LogP contribution in [0.1, 0.15) is 18.4 Å². The van der Waals surface area contributed by atoms with Gasteiger partial charge in [0.1, 0.15) is 0 Å². The van der Waals surface area contributed by atoms with Gasteiger partial charge >= 0.3 is 0 Å². The number of rotatable bonds is 2. The molecule has 2 aliphatic heterocycles. The molecular formula is C15H22N2O. The summed E-state index contributed by atoms with van der Waals surface area (Å²) >= 11 is 0. The van der Waals surface area contributed by atoms with Gasteiger partial charge < -0.3 is 5.11 Å². The average molecular weight is 246 g/mol. The second kappa shape index (κ2) is 5.39. The number of fused-ring (bicyclic) bond motifs is 1. The molecule has 98 valence electrons. The number of aliphatic hydroxyl groups excluding tert-OH is 1. The normalized spacial score (nSPS) is 30.1. The van der Waals surface area contributed by atoms with Crippen LogP contribution in [0.15, 0.2) is 30.3 Å². The summed E-state index contributed by atoms with van der Waals surface area (Å²) < 4.78 is 0. The van der Waals surface area contributed by atoms with Crippen molar-refractivity contribution in [3.8, 4) is 0 Å². The van der Waals surface area contributed by atoms with Gasteiger partial charge in [0.25, 0.3) is 0 Å². The van der Waals surface area contributed by atoms with Crippen LogP contribution in [0.3, 0.4) is 0 Å². The van der Waals surface area contributed by atoms with Gasteiger partial charge in [-0.3, -0.25) is 9.80 Å². The van der Waals surface area contributed by atoms with Crippen molar-refractivity contribution in [2.75, 3.05) is 26.2 Å². The highest BCUT2D eigenvalue weighted by Crippen LogP contribution is 2.22. The molecule has 0 spiro atoms. The van der Waals surface area contributed by atoms with Crippen LogP contribution in [-0.2, 0) is 6.54 Å². The Bertz CT molecular complexity index is 381. The van der Waals surface area contributed by atoms with Crippen molar-refractivity contribution < 1.29 is 5.11 Å². The summed E-state index contributed by atoms with van der Waals surface area (Å²) in [7, 11) is 0. The van der Waals surface area contributed by atoms with Gasteiger partial charge in [-0.1, -0.05) is 30.3 Å². The molecule has 0 amide bonds. The summed E-state index contributed by atoms with van der Waals surface area (Å²) in [4.78, 5) is 4.95. The van der Waals surface area contributed by atoms with Gasteiger partial charge in [-0.15, -0.1) is 0 Å². The first kappa shape index (κ1) is 12.2. The van der Waals surface area contributed by atoms with Crippen LogP contribution in [0.5, 0.6) is 0 Å². The van der Waals surface area contributed by atoms with Gasteiger partial charge in [0, 0.05) is 32.2 Å². The van der Waals surface area contributed by atoms with E-state index in [1.54, 1.807) is 0 Å². The van der Waals surface area contributed by atoms with E-state index in [1.165, 1.54) is 12.1 Å². The maximum absolute atomic E-state index is 10.1. The van der Waals surface area contributed by atoms with Crippen LogP contribution >= 0.6 is 0 Å². The molecule has 0 radical (unpaired) electrons. The van der Waals surface area contributed by atoms with E-state index in [-0.39, 0.29) is 6.10 Å². The number of benzene rings is 1. The van der Waals surface area contributed by atoms with Gasteiger partial charge in [-0.05, 0) is 24.9 Å². The maximum atomic E-state index is 10.1. The lowest BCUT2D eigenvalue weighted by molar-refractivity contribution is -0.0366. The van der Waals surface area contributed by atoms with Crippen LogP contribution in [-0.4, -0.2) is 53.2 Å². The fraction of sp³-hybridized carbons (Fsp3) is 0.600. The predicted octanol–water partition coefficient (Wildman–Crippen LogP) is 1.33. The number of hydrogen-bond donors (Lipinski definition) is 1. The Kier molecular flexibility index (Phi) is 3.64. The van der Waals surface area contributed by atoms with E-state index in [2.05, 4.69) is 40.1 Å². The zero-order valence-corrected chi connectivity index (χ0v) is 10.8. The van der Waals surface area contributed by atoms with Crippen molar-refractivity contribution in [2.45, 2.75) is 31.5 Å². The smallest absolute Gasteiger partial charge is 0.0708 e. The average Bonchev–Trinajstić information content (AvgIpc) is 2.41. The Morgan fingerprint density at radius 3 is 2.78 bits per heavy atom. The molecule has 18 heavy (non-hydrogen) atoms. The first-order valence-corrected chi connectivity index (χ1v) is 7.01. The molecule has 2 atom stereocenters. The number of aliphatic hydroxyl groups is 1. The lowest BCUT2D eigenvalue weighted by Gasteiger charge is -2.46. The second-order valence-corrected chi connectivity index (χ2v) is 5.53. The maximum Gasteiger partial charge on any atom is 0.0708 e. The third-order valence-electron chi connectivity index (χ3n) is 4.26. The van der Waals surface area contributed by atoms with E-state index in [9.17, 15) is 5.11 Å². The Morgan fingerprint density at radius 2 is 1.94 bits per heavy atom. The topological polar surface area (TPSA) is 26.7 Å². The third kappa shape index (κ3) is 2.58. The monoisotopic (exact) mass is 246 g/mol. The molecule has 1 aromatic rings. The van der Waals surface area contributed by atoms with Crippen LogP contribution in [0.25, 0.3) is 0 Å². The highest BCUT2D eigenvalue weighted by atomic mass is 16.3. The molecular weight excluding hydrogens is 224 g/mol. The van der Waals surface area contributed by atoms with Crippen LogP contribution in [0.2, 0.25) is 0 Å². The molecule has 2 aliphatic rings. The molecule has 0 bridgehead atoms. The fourth-order valence-corrected chi connectivity index (χ4v) is 3.23. The lowest BCUT2D eigenvalue weighted by Crippen LogP contribution is -2.59. The molecule has 0 aliphatic carbocycles. The Morgan fingerprint density at radius 1 is 1.11 bits per heavy atom. The zero-order chi connectivity index (χ0) is 12.4. The molecule has 2 heterocycles. The minimum atomic E-state index is -0.127. The molecule has 0 saturated carbocycles. The van der Waals surface area contributed by atoms with E-state index in [4.69, 9.17) is 0 Å². The minimum Gasteiger partial charge on any atom is -0.391 e. The van der Waals surface area contributed by atoms with Crippen molar-refractivity contribution >= 4 is 0 Å². The Hall–Kier alpha value is -0.900. The van der Waals surface area contributed by atoms with Gasteiger partial charge in [0.05, 0.1) is 6.10 Å². The largest absolute Gasteiger partial charge is 0.391 e. The van der Waals surface area contributed by atoms with Crippen LogP contribution in [0.4, 0.5) is 0 Å². The molecule has 2 unspecified atom stereocenters. The quantitative estimate of drug-likeness (QED) is 0.853. The van der Waals surface area contributed by atoms with Gasteiger partial charge in [-0.25, -0.2) is 0 Å². The van der Waals surface area contributed by atoms with Gasteiger partial charge in [0.15, 0.2) is 0 Å². The molecule has 3 rings (SSSR count). The predicted molar refractivity (Wildman–Crippen MR) is 72.3 cm³/mol. The summed E-state index contributed by atoms with van der Waals surface area (Å²) in [6.07, 6.45) is 1.99. The van der Waals surface area contributed by atoms with Crippen molar-refractivity contribution in [1.29, 1.82) is 0 Å². The molecule has 3 nitrogen and oxygen atoms in total. The van der Waals surface area contributed by atoms with E-state index in [1.807, 2.05) is 0 Å². The first-order chi connectivity index (χ1) is 8.83. The number of hydrogen-bond acceptors (Lipinski definition) is 3. The molecule has 2 saturated heterocycles. The van der Waals surface area contributed by atoms with Crippen LogP contribution < -0.4 is 0 Å². The van der Waals surface area contributed by atoms with Crippen LogP contribution in [0, 0.1) is 0 Å². The second-order valence-electron chi connectivity index (χ2n) is 5.53. The van der Waals surface area contributed by atoms with E-state index < -0.39 is 0 Å². The number of piperidine rings is 1. The zero-order valence-electron chi connectivity index (χ0n) is 10.8. The summed E-state index contributed by atoms with van der Waals surface area (Å²) in [5.74, 6) is 0.